The molecular formula is C14H19BrN2OS. The zero-order chi connectivity index (χ0) is 14.0. The van der Waals surface area contributed by atoms with E-state index >= 15 is 0 Å². The van der Waals surface area contributed by atoms with Gasteiger partial charge in [-0.05, 0) is 61.1 Å². The van der Waals surface area contributed by atoms with Crippen molar-refractivity contribution in [3.05, 3.63) is 44.4 Å². The van der Waals surface area contributed by atoms with Crippen molar-refractivity contribution < 1.29 is 4.42 Å². The van der Waals surface area contributed by atoms with Gasteiger partial charge in [0.2, 0.25) is 0 Å². The lowest BCUT2D eigenvalue weighted by atomic mass is 10.1. The first-order chi connectivity index (χ1) is 8.97. The largest absolute Gasteiger partial charge is 0.465 e. The van der Waals surface area contributed by atoms with E-state index in [9.17, 15) is 0 Å². The zero-order valence-electron chi connectivity index (χ0n) is 11.4. The Hall–Kier alpha value is -0.620. The van der Waals surface area contributed by atoms with Crippen LogP contribution in [-0.2, 0) is 6.54 Å². The van der Waals surface area contributed by atoms with Crippen LogP contribution in [0.4, 0.5) is 0 Å². The van der Waals surface area contributed by atoms with E-state index in [4.69, 9.17) is 10.2 Å². The normalized spacial score (nSPS) is 14.8. The van der Waals surface area contributed by atoms with Crippen LogP contribution in [0.5, 0.6) is 0 Å². The third-order valence-electron chi connectivity index (χ3n) is 3.06. The number of aryl methyl sites for hydroxylation is 1. The van der Waals surface area contributed by atoms with Crippen molar-refractivity contribution >= 4 is 27.3 Å². The summed E-state index contributed by atoms with van der Waals surface area (Å²) in [5, 5.41) is 0. The van der Waals surface area contributed by atoms with E-state index < -0.39 is 0 Å². The topological polar surface area (TPSA) is 42.4 Å². The highest BCUT2D eigenvalue weighted by atomic mass is 79.9. The van der Waals surface area contributed by atoms with Crippen LogP contribution in [-0.4, -0.2) is 18.0 Å². The SMILES string of the molecule is Cc1ccc(CN(C)C(c2ccc(Br)s2)C(C)N)o1. The highest BCUT2D eigenvalue weighted by molar-refractivity contribution is 9.11. The Bertz CT molecular complexity index is 535. The van der Waals surface area contributed by atoms with E-state index in [2.05, 4.69) is 40.0 Å². The molecular weight excluding hydrogens is 324 g/mol. The lowest BCUT2D eigenvalue weighted by molar-refractivity contribution is 0.198. The molecule has 2 aromatic heterocycles. The van der Waals surface area contributed by atoms with Crippen LogP contribution < -0.4 is 5.73 Å². The highest BCUT2D eigenvalue weighted by Crippen LogP contribution is 2.32. The van der Waals surface area contributed by atoms with Crippen molar-refractivity contribution in [2.75, 3.05) is 7.05 Å². The minimum atomic E-state index is 0.0617. The fourth-order valence-corrected chi connectivity index (χ4v) is 3.98. The molecule has 0 aliphatic heterocycles. The molecule has 0 saturated heterocycles. The fraction of sp³-hybridized carbons (Fsp3) is 0.429. The summed E-state index contributed by atoms with van der Waals surface area (Å²) < 4.78 is 6.77. The number of nitrogens with two attached hydrogens (primary N) is 1. The molecule has 0 saturated carbocycles. The quantitative estimate of drug-likeness (QED) is 0.894. The van der Waals surface area contributed by atoms with Crippen molar-refractivity contribution in [2.24, 2.45) is 5.73 Å². The van der Waals surface area contributed by atoms with Gasteiger partial charge in [-0.1, -0.05) is 0 Å². The third-order valence-corrected chi connectivity index (χ3v) is 4.75. The second-order valence-electron chi connectivity index (χ2n) is 4.87. The fourth-order valence-electron chi connectivity index (χ4n) is 2.28. The van der Waals surface area contributed by atoms with Gasteiger partial charge in [0.15, 0.2) is 0 Å². The van der Waals surface area contributed by atoms with Crippen LogP contribution in [0.1, 0.15) is 29.4 Å². The Balaban J connectivity index is 2.15. The molecule has 0 spiro atoms. The van der Waals surface area contributed by atoms with Gasteiger partial charge in [0, 0.05) is 10.9 Å². The lowest BCUT2D eigenvalue weighted by Crippen LogP contribution is -2.36. The minimum absolute atomic E-state index is 0.0617. The highest BCUT2D eigenvalue weighted by Gasteiger charge is 2.23. The smallest absolute Gasteiger partial charge is 0.118 e. The lowest BCUT2D eigenvalue weighted by Gasteiger charge is -2.29. The van der Waals surface area contributed by atoms with Crippen molar-refractivity contribution in [3.8, 4) is 0 Å². The molecule has 0 aliphatic carbocycles. The minimum Gasteiger partial charge on any atom is -0.465 e. The summed E-state index contributed by atoms with van der Waals surface area (Å²) in [5.41, 5.74) is 6.16. The molecule has 0 aromatic carbocycles. The zero-order valence-corrected chi connectivity index (χ0v) is 13.8. The predicted molar refractivity (Wildman–Crippen MR) is 83.3 cm³/mol. The molecule has 2 heterocycles. The number of rotatable bonds is 5. The van der Waals surface area contributed by atoms with Crippen molar-refractivity contribution in [1.29, 1.82) is 0 Å². The number of nitrogens with zero attached hydrogens (tertiary/aromatic N) is 1. The van der Waals surface area contributed by atoms with Crippen molar-refractivity contribution in [1.82, 2.24) is 4.90 Å². The monoisotopic (exact) mass is 342 g/mol. The molecule has 2 rings (SSSR count). The molecule has 0 fully saturated rings. The van der Waals surface area contributed by atoms with Gasteiger partial charge in [-0.15, -0.1) is 11.3 Å². The average molecular weight is 343 g/mol. The molecule has 104 valence electrons. The second-order valence-corrected chi connectivity index (χ2v) is 7.37. The first-order valence-electron chi connectivity index (χ1n) is 6.23. The molecule has 2 atom stereocenters. The summed E-state index contributed by atoms with van der Waals surface area (Å²) in [6, 6.07) is 8.47. The summed E-state index contributed by atoms with van der Waals surface area (Å²) in [7, 11) is 2.08. The number of hydrogen-bond donors (Lipinski definition) is 1. The second kappa shape index (κ2) is 6.22. The van der Waals surface area contributed by atoms with E-state index in [1.807, 2.05) is 26.0 Å². The maximum absolute atomic E-state index is 6.16. The van der Waals surface area contributed by atoms with E-state index in [0.717, 1.165) is 21.9 Å². The molecule has 2 unspecified atom stereocenters. The van der Waals surface area contributed by atoms with E-state index in [1.165, 1.54) is 4.88 Å². The predicted octanol–water partition coefficient (Wildman–Crippen LogP) is 3.93. The summed E-state index contributed by atoms with van der Waals surface area (Å²) in [6.07, 6.45) is 0. The molecule has 2 N–H and O–H groups in total. The first kappa shape index (κ1) is 14.8. The van der Waals surface area contributed by atoms with E-state index in [0.29, 0.717) is 0 Å². The van der Waals surface area contributed by atoms with Crippen LogP contribution in [0.25, 0.3) is 0 Å². The van der Waals surface area contributed by atoms with Crippen LogP contribution in [0.15, 0.2) is 32.5 Å². The maximum atomic E-state index is 6.16. The molecule has 0 radical (unpaired) electrons. The molecule has 3 nitrogen and oxygen atoms in total. The van der Waals surface area contributed by atoms with Gasteiger partial charge >= 0.3 is 0 Å². The number of hydrogen-bond acceptors (Lipinski definition) is 4. The molecule has 0 bridgehead atoms. The van der Waals surface area contributed by atoms with Gasteiger partial charge in [-0.3, -0.25) is 4.90 Å². The summed E-state index contributed by atoms with van der Waals surface area (Å²) in [5.74, 6) is 1.92. The maximum Gasteiger partial charge on any atom is 0.118 e. The molecule has 5 heteroatoms. The van der Waals surface area contributed by atoms with Gasteiger partial charge in [-0.2, -0.15) is 0 Å². The molecule has 0 aliphatic rings. The Kier molecular flexibility index (Phi) is 4.84. The summed E-state index contributed by atoms with van der Waals surface area (Å²) in [6.45, 7) is 4.76. The van der Waals surface area contributed by atoms with Crippen LogP contribution in [0.2, 0.25) is 0 Å². The average Bonchev–Trinajstić information content (AvgIpc) is 2.88. The van der Waals surface area contributed by atoms with Gasteiger partial charge in [0.05, 0.1) is 16.4 Å². The molecule has 2 aromatic rings. The number of likely N-dealkylation sites (N-methyl/N-ethyl adjacent to an activating group) is 1. The van der Waals surface area contributed by atoms with Crippen LogP contribution in [0, 0.1) is 6.92 Å². The number of halogens is 1. The van der Waals surface area contributed by atoms with E-state index in [-0.39, 0.29) is 12.1 Å². The summed E-state index contributed by atoms with van der Waals surface area (Å²) in [4.78, 5) is 3.51. The van der Waals surface area contributed by atoms with Gasteiger partial charge < -0.3 is 10.2 Å². The molecule has 0 amide bonds. The standard InChI is InChI=1S/C14H19BrN2OS/c1-9-4-5-11(18-9)8-17(3)14(10(2)16)12-6-7-13(15)19-12/h4-7,10,14H,8,16H2,1-3H3. The third kappa shape index (κ3) is 3.69. The summed E-state index contributed by atoms with van der Waals surface area (Å²) >= 11 is 5.24. The van der Waals surface area contributed by atoms with Crippen molar-refractivity contribution in [2.45, 2.75) is 32.5 Å². The van der Waals surface area contributed by atoms with Gasteiger partial charge in [0.1, 0.15) is 11.5 Å². The van der Waals surface area contributed by atoms with E-state index in [1.54, 1.807) is 11.3 Å². The Morgan fingerprint density at radius 1 is 1.37 bits per heavy atom. The Morgan fingerprint density at radius 3 is 2.58 bits per heavy atom. The molecule has 19 heavy (non-hydrogen) atoms. The van der Waals surface area contributed by atoms with Crippen LogP contribution in [0.3, 0.4) is 0 Å². The first-order valence-corrected chi connectivity index (χ1v) is 7.84. The number of furan rings is 1. The Morgan fingerprint density at radius 2 is 2.11 bits per heavy atom. The van der Waals surface area contributed by atoms with Crippen LogP contribution >= 0.6 is 27.3 Å². The van der Waals surface area contributed by atoms with Gasteiger partial charge in [-0.25, -0.2) is 0 Å². The number of thiophene rings is 1. The van der Waals surface area contributed by atoms with Crippen molar-refractivity contribution in [3.63, 3.8) is 0 Å². The van der Waals surface area contributed by atoms with Gasteiger partial charge in [0.25, 0.3) is 0 Å². The Labute approximate surface area is 126 Å².